The standard InChI is InChI=1S/C15H16BrNOS/c16-15-7-6-14(19-15)10-18-13-3-1-2-11(8-13)9-17-12-4-5-12/h1-3,6-8,12,17H,4-5,9-10H2. The van der Waals surface area contributed by atoms with Crippen LogP contribution in [0, 0.1) is 0 Å². The molecule has 0 spiro atoms. The third kappa shape index (κ3) is 4.06. The van der Waals surface area contributed by atoms with Crippen LogP contribution < -0.4 is 10.1 Å². The molecule has 0 bridgehead atoms. The molecule has 3 rings (SSSR count). The highest BCUT2D eigenvalue weighted by Gasteiger charge is 2.19. The molecule has 1 aliphatic carbocycles. The fraction of sp³-hybridized carbons (Fsp3) is 0.333. The zero-order chi connectivity index (χ0) is 13.1. The van der Waals surface area contributed by atoms with Crippen LogP contribution in [0.25, 0.3) is 0 Å². The van der Waals surface area contributed by atoms with E-state index in [2.05, 4.69) is 51.6 Å². The average molecular weight is 338 g/mol. The van der Waals surface area contributed by atoms with E-state index in [9.17, 15) is 0 Å². The van der Waals surface area contributed by atoms with Crippen molar-refractivity contribution >= 4 is 27.3 Å². The number of halogens is 1. The van der Waals surface area contributed by atoms with Gasteiger partial charge in [-0.2, -0.15) is 0 Å². The first-order valence-corrected chi connectivity index (χ1v) is 8.10. The van der Waals surface area contributed by atoms with Gasteiger partial charge < -0.3 is 10.1 Å². The molecule has 1 saturated carbocycles. The molecule has 4 heteroatoms. The first-order valence-electron chi connectivity index (χ1n) is 6.49. The third-order valence-corrected chi connectivity index (χ3v) is 4.68. The largest absolute Gasteiger partial charge is 0.488 e. The van der Waals surface area contributed by atoms with E-state index in [1.54, 1.807) is 11.3 Å². The molecule has 2 aromatic rings. The fourth-order valence-electron chi connectivity index (χ4n) is 1.88. The first kappa shape index (κ1) is 13.2. The summed E-state index contributed by atoms with van der Waals surface area (Å²) in [4.78, 5) is 1.23. The second-order valence-electron chi connectivity index (χ2n) is 4.80. The van der Waals surface area contributed by atoms with Gasteiger partial charge in [0.1, 0.15) is 12.4 Å². The van der Waals surface area contributed by atoms with Crippen molar-refractivity contribution < 1.29 is 4.74 Å². The normalized spacial score (nSPS) is 14.6. The zero-order valence-electron chi connectivity index (χ0n) is 10.6. The molecule has 1 fully saturated rings. The highest BCUT2D eigenvalue weighted by Crippen LogP contribution is 2.24. The minimum absolute atomic E-state index is 0.635. The van der Waals surface area contributed by atoms with Crippen LogP contribution in [0.4, 0.5) is 0 Å². The number of benzene rings is 1. The maximum atomic E-state index is 5.83. The van der Waals surface area contributed by atoms with Crippen molar-refractivity contribution in [3.63, 3.8) is 0 Å². The molecule has 0 amide bonds. The topological polar surface area (TPSA) is 21.3 Å². The van der Waals surface area contributed by atoms with Crippen molar-refractivity contribution in [2.75, 3.05) is 0 Å². The van der Waals surface area contributed by atoms with E-state index < -0.39 is 0 Å². The summed E-state index contributed by atoms with van der Waals surface area (Å²) < 4.78 is 6.98. The van der Waals surface area contributed by atoms with Gasteiger partial charge in [0.2, 0.25) is 0 Å². The second kappa shape index (κ2) is 6.07. The van der Waals surface area contributed by atoms with Crippen LogP contribution >= 0.6 is 27.3 Å². The van der Waals surface area contributed by atoms with Gasteiger partial charge in [-0.15, -0.1) is 11.3 Å². The molecule has 0 radical (unpaired) electrons. The lowest BCUT2D eigenvalue weighted by atomic mass is 10.2. The second-order valence-corrected chi connectivity index (χ2v) is 7.34. The quantitative estimate of drug-likeness (QED) is 0.846. The van der Waals surface area contributed by atoms with Crippen LogP contribution in [-0.2, 0) is 13.2 Å². The predicted molar refractivity (Wildman–Crippen MR) is 82.7 cm³/mol. The van der Waals surface area contributed by atoms with Gasteiger partial charge in [-0.1, -0.05) is 12.1 Å². The fourth-order valence-corrected chi connectivity index (χ4v) is 3.28. The molecule has 1 N–H and O–H groups in total. The van der Waals surface area contributed by atoms with Gasteiger partial charge in [0.15, 0.2) is 0 Å². The molecular weight excluding hydrogens is 322 g/mol. The number of rotatable bonds is 6. The molecule has 0 saturated heterocycles. The summed E-state index contributed by atoms with van der Waals surface area (Å²) in [6.45, 7) is 1.57. The molecule has 0 atom stereocenters. The summed E-state index contributed by atoms with van der Waals surface area (Å²) in [5, 5.41) is 3.52. The number of nitrogens with one attached hydrogen (secondary N) is 1. The summed E-state index contributed by atoms with van der Waals surface area (Å²) in [6.07, 6.45) is 2.65. The van der Waals surface area contributed by atoms with Crippen molar-refractivity contribution in [1.29, 1.82) is 0 Å². The Morgan fingerprint density at radius 1 is 1.26 bits per heavy atom. The summed E-state index contributed by atoms with van der Waals surface area (Å²) >= 11 is 5.18. The van der Waals surface area contributed by atoms with Gasteiger partial charge in [0.05, 0.1) is 3.79 Å². The Kier molecular flexibility index (Phi) is 4.21. The van der Waals surface area contributed by atoms with E-state index in [-0.39, 0.29) is 0 Å². The van der Waals surface area contributed by atoms with E-state index >= 15 is 0 Å². The van der Waals surface area contributed by atoms with Crippen molar-refractivity contribution in [2.45, 2.75) is 32.0 Å². The Morgan fingerprint density at radius 2 is 2.16 bits per heavy atom. The maximum absolute atomic E-state index is 5.83. The van der Waals surface area contributed by atoms with E-state index in [4.69, 9.17) is 4.74 Å². The molecular formula is C15H16BrNOS. The Bertz CT molecular complexity index is 551. The number of ether oxygens (including phenoxy) is 1. The van der Waals surface area contributed by atoms with E-state index in [0.717, 1.165) is 22.1 Å². The molecule has 19 heavy (non-hydrogen) atoms. The van der Waals surface area contributed by atoms with E-state index in [1.165, 1.54) is 23.3 Å². The Morgan fingerprint density at radius 3 is 2.89 bits per heavy atom. The van der Waals surface area contributed by atoms with Gasteiger partial charge in [-0.05, 0) is 58.6 Å². The molecule has 1 aromatic carbocycles. The van der Waals surface area contributed by atoms with Gasteiger partial charge >= 0.3 is 0 Å². The number of thiophene rings is 1. The van der Waals surface area contributed by atoms with Gasteiger partial charge in [-0.3, -0.25) is 0 Å². The zero-order valence-corrected chi connectivity index (χ0v) is 13.0. The summed E-state index contributed by atoms with van der Waals surface area (Å²) in [7, 11) is 0. The molecule has 1 aromatic heterocycles. The van der Waals surface area contributed by atoms with E-state index in [0.29, 0.717) is 6.61 Å². The first-order chi connectivity index (χ1) is 9.29. The minimum atomic E-state index is 0.635. The van der Waals surface area contributed by atoms with E-state index in [1.807, 2.05) is 6.07 Å². The van der Waals surface area contributed by atoms with Crippen molar-refractivity contribution in [2.24, 2.45) is 0 Å². The van der Waals surface area contributed by atoms with Crippen LogP contribution in [0.2, 0.25) is 0 Å². The highest BCUT2D eigenvalue weighted by atomic mass is 79.9. The van der Waals surface area contributed by atoms with Crippen LogP contribution in [0.15, 0.2) is 40.2 Å². The van der Waals surface area contributed by atoms with Gasteiger partial charge in [0.25, 0.3) is 0 Å². The van der Waals surface area contributed by atoms with Crippen molar-refractivity contribution in [1.82, 2.24) is 5.32 Å². The molecule has 1 heterocycles. The molecule has 0 unspecified atom stereocenters. The summed E-state index contributed by atoms with van der Waals surface area (Å²) in [5.74, 6) is 0.944. The minimum Gasteiger partial charge on any atom is -0.488 e. The highest BCUT2D eigenvalue weighted by molar-refractivity contribution is 9.11. The predicted octanol–water partition coefficient (Wildman–Crippen LogP) is 4.34. The molecule has 2 nitrogen and oxygen atoms in total. The summed E-state index contributed by atoms with van der Waals surface area (Å²) in [6, 6.07) is 13.2. The molecule has 0 aliphatic heterocycles. The Hall–Kier alpha value is -0.840. The lowest BCUT2D eigenvalue weighted by Crippen LogP contribution is -2.15. The smallest absolute Gasteiger partial charge is 0.122 e. The monoisotopic (exact) mass is 337 g/mol. The lowest BCUT2D eigenvalue weighted by molar-refractivity contribution is 0.309. The van der Waals surface area contributed by atoms with Crippen LogP contribution in [0.3, 0.4) is 0 Å². The number of hydrogen-bond acceptors (Lipinski definition) is 3. The Labute approximate surface area is 125 Å². The summed E-state index contributed by atoms with van der Waals surface area (Å²) in [5.41, 5.74) is 1.29. The van der Waals surface area contributed by atoms with Gasteiger partial charge in [0, 0.05) is 17.5 Å². The van der Waals surface area contributed by atoms with Gasteiger partial charge in [-0.25, -0.2) is 0 Å². The van der Waals surface area contributed by atoms with Crippen molar-refractivity contribution in [3.05, 3.63) is 50.6 Å². The third-order valence-electron chi connectivity index (χ3n) is 3.08. The molecule has 100 valence electrons. The lowest BCUT2D eigenvalue weighted by Gasteiger charge is -2.07. The van der Waals surface area contributed by atoms with Crippen LogP contribution in [0.5, 0.6) is 5.75 Å². The average Bonchev–Trinajstić information content (AvgIpc) is 3.16. The number of hydrogen-bond donors (Lipinski definition) is 1. The SMILES string of the molecule is Brc1ccc(COc2cccc(CNC3CC3)c2)s1. The molecule has 1 aliphatic rings. The van der Waals surface area contributed by atoms with Crippen molar-refractivity contribution in [3.8, 4) is 5.75 Å². The maximum Gasteiger partial charge on any atom is 0.122 e. The Balaban J connectivity index is 1.55. The van der Waals surface area contributed by atoms with Crippen LogP contribution in [0.1, 0.15) is 23.3 Å². The van der Waals surface area contributed by atoms with Crippen LogP contribution in [-0.4, -0.2) is 6.04 Å².